The monoisotopic (exact) mass is 350 g/mol. The van der Waals surface area contributed by atoms with E-state index < -0.39 is 0 Å². The summed E-state index contributed by atoms with van der Waals surface area (Å²) in [4.78, 5) is 41.6. The number of Topliss-reactive ketones (excluding diaryl/α,β-unsaturated/α-hetero) is 2. The average molecular weight is 350 g/mol. The second-order valence-electron chi connectivity index (χ2n) is 4.22. The maximum atomic E-state index is 11.0. The van der Waals surface area contributed by atoms with Gasteiger partial charge in [0, 0.05) is 11.1 Å². The molecule has 2 rings (SSSR count). The number of benzene rings is 2. The van der Waals surface area contributed by atoms with E-state index in [9.17, 15) is 19.2 Å². The summed E-state index contributed by atoms with van der Waals surface area (Å²) in [6.45, 7) is 0. The van der Waals surface area contributed by atoms with Gasteiger partial charge in [-0.25, -0.2) is 0 Å². The number of hydrogen-bond acceptors (Lipinski definition) is 4. The molecule has 0 saturated carbocycles. The molecule has 0 heterocycles. The Morgan fingerprint density at radius 3 is 1.22 bits per heavy atom. The van der Waals surface area contributed by atoms with Crippen molar-refractivity contribution in [2.24, 2.45) is 0 Å². The van der Waals surface area contributed by atoms with Gasteiger partial charge in [0.15, 0.2) is 0 Å². The molecule has 0 spiro atoms. The molecule has 4 nitrogen and oxygen atoms in total. The summed E-state index contributed by atoms with van der Waals surface area (Å²) < 4.78 is 0. The molecule has 0 unspecified atom stereocenters. The summed E-state index contributed by atoms with van der Waals surface area (Å²) in [6, 6.07) is 17.4. The van der Waals surface area contributed by atoms with E-state index in [2.05, 4.69) is 0 Å². The molecule has 0 aliphatic rings. The van der Waals surface area contributed by atoms with Crippen molar-refractivity contribution in [1.82, 2.24) is 0 Å². The van der Waals surface area contributed by atoms with Crippen molar-refractivity contribution in [1.29, 1.82) is 0 Å². The third-order valence-corrected chi connectivity index (χ3v) is 2.66. The molecule has 2 aromatic rings. The molecular weight excluding hydrogens is 336 g/mol. The van der Waals surface area contributed by atoms with Crippen LogP contribution in [0.3, 0.4) is 0 Å². The molecule has 0 radical (unpaired) electrons. The van der Waals surface area contributed by atoms with Gasteiger partial charge in [-0.05, 0) is 0 Å². The van der Waals surface area contributed by atoms with E-state index >= 15 is 0 Å². The van der Waals surface area contributed by atoms with Gasteiger partial charge in [-0.3, -0.25) is 22.2 Å². The van der Waals surface area contributed by atoms with Crippen molar-refractivity contribution < 1.29 is 36.2 Å². The Bertz CT molecular complexity index is 566. The van der Waals surface area contributed by atoms with Gasteiger partial charge >= 0.3 is 17.1 Å². The minimum atomic E-state index is -0.180. The summed E-state index contributed by atoms with van der Waals surface area (Å²) in [6.07, 6.45) is 2.84. The van der Waals surface area contributed by atoms with Crippen LogP contribution in [0.15, 0.2) is 60.7 Å². The molecule has 0 amide bonds. The molecule has 118 valence electrons. The van der Waals surface area contributed by atoms with Crippen LogP contribution in [0.25, 0.3) is 0 Å². The minimum Gasteiger partial charge on any atom is -0.541 e. The Hall–Kier alpha value is -2.36. The van der Waals surface area contributed by atoms with E-state index in [4.69, 9.17) is 0 Å². The zero-order chi connectivity index (χ0) is 16.2. The predicted octanol–water partition coefficient (Wildman–Crippen LogP) is 2.74. The first-order valence-electron chi connectivity index (χ1n) is 6.55. The van der Waals surface area contributed by atoms with E-state index in [1.165, 1.54) is 0 Å². The van der Waals surface area contributed by atoms with Gasteiger partial charge in [0.2, 0.25) is 0 Å². The fourth-order valence-corrected chi connectivity index (χ4v) is 1.58. The molecular formula is C18H14FeO4. The van der Waals surface area contributed by atoms with Crippen LogP contribution in [0, 0.1) is 0 Å². The van der Waals surface area contributed by atoms with E-state index in [0.29, 0.717) is 11.1 Å². The van der Waals surface area contributed by atoms with Gasteiger partial charge < -0.3 is 9.59 Å². The zero-order valence-corrected chi connectivity index (χ0v) is 13.3. The van der Waals surface area contributed by atoms with E-state index in [1.807, 2.05) is 12.1 Å². The van der Waals surface area contributed by atoms with Crippen molar-refractivity contribution in [3.8, 4) is 0 Å². The largest absolute Gasteiger partial charge is 2.00 e. The second kappa shape index (κ2) is 12.2. The second-order valence-corrected chi connectivity index (χ2v) is 4.22. The van der Waals surface area contributed by atoms with Gasteiger partial charge in [-0.1, -0.05) is 73.5 Å². The fourth-order valence-electron chi connectivity index (χ4n) is 1.58. The standard InChI is InChI=1S/2C9H7O2.Fe/c2*10-7-6-9(11)8-4-2-1-3-5-8;/h2*1-5H,6H2;/q2*-1;+2. The topological polar surface area (TPSA) is 68.3 Å². The first-order chi connectivity index (χ1) is 10.7. The fraction of sp³-hybridized carbons (Fsp3) is 0.111. The van der Waals surface area contributed by atoms with Gasteiger partial charge in [0.1, 0.15) is 11.6 Å². The summed E-state index contributed by atoms with van der Waals surface area (Å²) in [7, 11) is 0. The number of hydrogen-bond donors (Lipinski definition) is 0. The SMILES string of the molecule is O=[C-]CC(=O)c1ccccc1.O=[C-]CC(=O)c1ccccc1.[Fe+2]. The smallest absolute Gasteiger partial charge is 0.541 e. The van der Waals surface area contributed by atoms with E-state index in [0.717, 1.165) is 0 Å². The van der Waals surface area contributed by atoms with Crippen molar-refractivity contribution in [3.05, 3.63) is 71.8 Å². The number of carbonyl (C=O) groups is 2. The van der Waals surface area contributed by atoms with Crippen LogP contribution in [-0.4, -0.2) is 24.1 Å². The summed E-state index contributed by atoms with van der Waals surface area (Å²) in [5.74, 6) is -0.360. The van der Waals surface area contributed by atoms with Gasteiger partial charge in [-0.15, -0.1) is 0 Å². The molecule has 23 heavy (non-hydrogen) atoms. The van der Waals surface area contributed by atoms with Crippen LogP contribution in [0.4, 0.5) is 0 Å². The first kappa shape index (κ1) is 20.6. The number of ketones is 2. The molecule has 0 aliphatic carbocycles. The Balaban J connectivity index is 0.000000403. The molecule has 0 saturated heterocycles. The van der Waals surface area contributed by atoms with Crippen LogP contribution in [0.2, 0.25) is 0 Å². The molecule has 0 aliphatic heterocycles. The third-order valence-electron chi connectivity index (χ3n) is 2.66. The van der Waals surface area contributed by atoms with Crippen LogP contribution in [-0.2, 0) is 26.7 Å². The van der Waals surface area contributed by atoms with E-state index in [1.54, 1.807) is 61.1 Å². The van der Waals surface area contributed by atoms with Crippen molar-refractivity contribution >= 4 is 24.1 Å². The molecule has 0 fully saturated rings. The maximum absolute atomic E-state index is 11.0. The van der Waals surface area contributed by atoms with Crippen LogP contribution >= 0.6 is 0 Å². The number of carbonyl (C=O) groups excluding carboxylic acids is 4. The quantitative estimate of drug-likeness (QED) is 0.348. The Labute approximate surface area is 145 Å². The van der Waals surface area contributed by atoms with Crippen LogP contribution < -0.4 is 0 Å². The minimum absolute atomic E-state index is 0. The van der Waals surface area contributed by atoms with Crippen LogP contribution in [0.5, 0.6) is 0 Å². The average Bonchev–Trinajstić information content (AvgIpc) is 2.57. The Kier molecular flexibility index (Phi) is 11.0. The first-order valence-corrected chi connectivity index (χ1v) is 6.55. The van der Waals surface area contributed by atoms with Crippen molar-refractivity contribution in [3.63, 3.8) is 0 Å². The number of rotatable bonds is 6. The summed E-state index contributed by atoms with van der Waals surface area (Å²) >= 11 is 0. The molecule has 0 atom stereocenters. The molecule has 0 aromatic heterocycles. The molecule has 0 bridgehead atoms. The Morgan fingerprint density at radius 2 is 0.957 bits per heavy atom. The molecule has 2 aromatic carbocycles. The maximum Gasteiger partial charge on any atom is 2.00 e. The van der Waals surface area contributed by atoms with E-state index in [-0.39, 0.29) is 41.5 Å². The predicted molar refractivity (Wildman–Crippen MR) is 82.2 cm³/mol. The molecule has 0 N–H and O–H groups in total. The normalized spacial score (nSPS) is 8.70. The van der Waals surface area contributed by atoms with Gasteiger partial charge in [0.25, 0.3) is 0 Å². The summed E-state index contributed by atoms with van der Waals surface area (Å²) in [5.41, 5.74) is 1.13. The van der Waals surface area contributed by atoms with Crippen molar-refractivity contribution in [2.75, 3.05) is 0 Å². The zero-order valence-electron chi connectivity index (χ0n) is 12.2. The van der Waals surface area contributed by atoms with Crippen molar-refractivity contribution in [2.45, 2.75) is 12.8 Å². The third kappa shape index (κ3) is 8.00. The Morgan fingerprint density at radius 1 is 0.652 bits per heavy atom. The summed E-state index contributed by atoms with van der Waals surface area (Å²) in [5, 5.41) is 0. The van der Waals surface area contributed by atoms with Crippen LogP contribution in [0.1, 0.15) is 33.6 Å². The van der Waals surface area contributed by atoms with Gasteiger partial charge in [0.05, 0.1) is 0 Å². The van der Waals surface area contributed by atoms with Gasteiger partial charge in [-0.2, -0.15) is 0 Å². The molecule has 5 heteroatoms.